The lowest BCUT2D eigenvalue weighted by atomic mass is 9.76. The van der Waals surface area contributed by atoms with E-state index in [2.05, 4.69) is 105 Å². The lowest BCUT2D eigenvalue weighted by molar-refractivity contribution is 0.922. The zero-order valence-electron chi connectivity index (χ0n) is 20.5. The van der Waals surface area contributed by atoms with Gasteiger partial charge in [0.25, 0.3) is 0 Å². The lowest BCUT2D eigenvalue weighted by Gasteiger charge is -2.30. The molecule has 1 heteroatoms. The molecule has 0 saturated carbocycles. The van der Waals surface area contributed by atoms with Crippen LogP contribution in [0.25, 0.3) is 0 Å². The fourth-order valence-corrected chi connectivity index (χ4v) is 7.05. The second kappa shape index (κ2) is 8.68. The minimum Gasteiger partial charge on any atom is -0.0811 e. The maximum atomic E-state index is 2.47. The molecular weight excluding hydrogens is 379 g/mol. The van der Waals surface area contributed by atoms with Crippen LogP contribution < -0.4 is 5.30 Å². The molecule has 0 aliphatic heterocycles. The van der Waals surface area contributed by atoms with Crippen molar-refractivity contribution in [3.8, 4) is 0 Å². The molecule has 0 heterocycles. The molecule has 0 aliphatic rings. The lowest BCUT2D eigenvalue weighted by Crippen LogP contribution is -2.21. The molecule has 0 radical (unpaired) electrons. The van der Waals surface area contributed by atoms with Crippen LogP contribution in [-0.2, 0) is 0 Å². The molecule has 0 saturated heterocycles. The summed E-state index contributed by atoms with van der Waals surface area (Å²) in [5.41, 5.74) is 15.6. The number of aryl methyl sites for hydroxylation is 8. The van der Waals surface area contributed by atoms with Crippen LogP contribution in [0.1, 0.15) is 67.1 Å². The van der Waals surface area contributed by atoms with Gasteiger partial charge in [-0.05, 0) is 119 Å². The largest absolute Gasteiger partial charge is 0.0811 e. The second-order valence-corrected chi connectivity index (χ2v) is 11.7. The van der Waals surface area contributed by atoms with Crippen LogP contribution in [0.3, 0.4) is 0 Å². The molecule has 3 rings (SSSR count). The Labute approximate surface area is 185 Å². The van der Waals surface area contributed by atoms with Crippen LogP contribution in [0.4, 0.5) is 0 Å². The molecular formula is C29H37P. The van der Waals surface area contributed by atoms with Gasteiger partial charge in [0.05, 0.1) is 0 Å². The Bertz CT molecular complexity index is 998. The molecule has 30 heavy (non-hydrogen) atoms. The van der Waals surface area contributed by atoms with E-state index in [9.17, 15) is 0 Å². The first kappa shape index (κ1) is 22.8. The van der Waals surface area contributed by atoms with Gasteiger partial charge in [0.1, 0.15) is 0 Å². The summed E-state index contributed by atoms with van der Waals surface area (Å²) in [6, 6.07) is 14.3. The van der Waals surface area contributed by atoms with Crippen molar-refractivity contribution in [2.75, 3.05) is 13.3 Å². The third-order valence-electron chi connectivity index (χ3n) is 6.29. The SMILES string of the molecule is Cc1cc(C)c(C(c2cc(C)cc(C)c2P(C)C)c2c(C)cc(C)cc2C)c(C)c1. The first-order chi connectivity index (χ1) is 14.0. The Kier molecular flexibility index (Phi) is 6.59. The highest BCUT2D eigenvalue weighted by molar-refractivity contribution is 7.64. The van der Waals surface area contributed by atoms with Gasteiger partial charge in [0.15, 0.2) is 0 Å². The Hall–Kier alpha value is -1.91. The van der Waals surface area contributed by atoms with Crippen LogP contribution >= 0.6 is 7.92 Å². The topological polar surface area (TPSA) is 0 Å². The minimum absolute atomic E-state index is 0.214. The van der Waals surface area contributed by atoms with Crippen molar-refractivity contribution in [3.05, 3.63) is 97.6 Å². The molecule has 158 valence electrons. The quantitative estimate of drug-likeness (QED) is 0.302. The summed E-state index contributed by atoms with van der Waals surface area (Å²) in [4.78, 5) is 0. The Balaban J connectivity index is 2.49. The van der Waals surface area contributed by atoms with E-state index in [-0.39, 0.29) is 13.8 Å². The Morgan fingerprint density at radius 1 is 0.500 bits per heavy atom. The standard InChI is InChI=1S/C29H37P/c1-17-11-20(4)26(21(5)12-17)28(27-22(6)13-18(2)14-23(27)7)25-16-19(3)15-24(8)29(25)30(9)10/h11-16,28H,1-10H3. The van der Waals surface area contributed by atoms with Crippen molar-refractivity contribution in [2.45, 2.75) is 61.3 Å². The highest BCUT2D eigenvalue weighted by Crippen LogP contribution is 2.42. The molecule has 0 aliphatic carbocycles. The number of hydrogen-bond donors (Lipinski definition) is 0. The summed E-state index contributed by atoms with van der Waals surface area (Å²) in [5, 5.41) is 1.57. The zero-order valence-corrected chi connectivity index (χ0v) is 21.4. The smallest absolute Gasteiger partial charge is 0.0356 e. The maximum Gasteiger partial charge on any atom is 0.0356 e. The third-order valence-corrected chi connectivity index (χ3v) is 7.79. The minimum atomic E-state index is -0.214. The van der Waals surface area contributed by atoms with Crippen molar-refractivity contribution in [2.24, 2.45) is 0 Å². The average Bonchev–Trinajstić information content (AvgIpc) is 2.57. The first-order valence-electron chi connectivity index (χ1n) is 10.9. The number of rotatable bonds is 4. The van der Waals surface area contributed by atoms with Crippen LogP contribution in [0.2, 0.25) is 0 Å². The number of benzene rings is 3. The van der Waals surface area contributed by atoms with Crippen molar-refractivity contribution < 1.29 is 0 Å². The Morgan fingerprint density at radius 3 is 1.20 bits per heavy atom. The molecule has 0 bridgehead atoms. The second-order valence-electron chi connectivity index (χ2n) is 9.47. The fraction of sp³-hybridized carbons (Fsp3) is 0.379. The summed E-state index contributed by atoms with van der Waals surface area (Å²) in [7, 11) is -0.214. The van der Waals surface area contributed by atoms with E-state index in [1.807, 2.05) is 0 Å². The normalized spacial score (nSPS) is 11.6. The van der Waals surface area contributed by atoms with Gasteiger partial charge in [-0.1, -0.05) is 61.0 Å². The van der Waals surface area contributed by atoms with Gasteiger partial charge >= 0.3 is 0 Å². The molecule has 0 unspecified atom stereocenters. The molecule has 0 nitrogen and oxygen atoms in total. The predicted octanol–water partition coefficient (Wildman–Crippen LogP) is 7.70. The molecule has 0 aromatic heterocycles. The van der Waals surface area contributed by atoms with Crippen LogP contribution in [0, 0.1) is 55.4 Å². The van der Waals surface area contributed by atoms with Gasteiger partial charge in [-0.2, -0.15) is 0 Å². The predicted molar refractivity (Wildman–Crippen MR) is 137 cm³/mol. The monoisotopic (exact) mass is 416 g/mol. The van der Waals surface area contributed by atoms with Gasteiger partial charge < -0.3 is 0 Å². The van der Waals surface area contributed by atoms with Gasteiger partial charge in [-0.15, -0.1) is 0 Å². The first-order valence-corrected chi connectivity index (χ1v) is 13.2. The van der Waals surface area contributed by atoms with E-state index in [1.54, 1.807) is 5.30 Å². The van der Waals surface area contributed by atoms with Crippen molar-refractivity contribution >= 4 is 13.2 Å². The van der Waals surface area contributed by atoms with E-state index in [0.717, 1.165) is 0 Å². The average molecular weight is 417 g/mol. The van der Waals surface area contributed by atoms with E-state index in [1.165, 1.54) is 61.2 Å². The van der Waals surface area contributed by atoms with E-state index >= 15 is 0 Å². The van der Waals surface area contributed by atoms with Crippen molar-refractivity contribution in [1.29, 1.82) is 0 Å². The summed E-state index contributed by atoms with van der Waals surface area (Å²) in [6.07, 6.45) is 0. The summed E-state index contributed by atoms with van der Waals surface area (Å²) in [5.74, 6) is 0.268. The molecule has 0 amide bonds. The zero-order chi connectivity index (χ0) is 22.3. The molecule has 0 fully saturated rings. The van der Waals surface area contributed by atoms with Gasteiger partial charge in [-0.25, -0.2) is 0 Å². The van der Waals surface area contributed by atoms with E-state index < -0.39 is 0 Å². The Morgan fingerprint density at radius 2 is 0.833 bits per heavy atom. The molecule has 0 spiro atoms. The van der Waals surface area contributed by atoms with E-state index in [4.69, 9.17) is 0 Å². The summed E-state index contributed by atoms with van der Waals surface area (Å²) >= 11 is 0. The fourth-order valence-electron chi connectivity index (χ4n) is 5.57. The van der Waals surface area contributed by atoms with Crippen molar-refractivity contribution in [3.63, 3.8) is 0 Å². The number of hydrogen-bond acceptors (Lipinski definition) is 0. The molecule has 0 N–H and O–H groups in total. The molecule has 3 aromatic carbocycles. The van der Waals surface area contributed by atoms with Crippen LogP contribution in [0.15, 0.2) is 36.4 Å². The van der Waals surface area contributed by atoms with E-state index in [0.29, 0.717) is 0 Å². The van der Waals surface area contributed by atoms with Gasteiger partial charge in [-0.3, -0.25) is 0 Å². The third kappa shape index (κ3) is 4.26. The van der Waals surface area contributed by atoms with Crippen LogP contribution in [0.5, 0.6) is 0 Å². The summed E-state index contributed by atoms with van der Waals surface area (Å²) < 4.78 is 0. The molecule has 3 aromatic rings. The van der Waals surface area contributed by atoms with Gasteiger partial charge in [0.2, 0.25) is 0 Å². The van der Waals surface area contributed by atoms with Crippen LogP contribution in [-0.4, -0.2) is 13.3 Å². The highest BCUT2D eigenvalue weighted by Gasteiger charge is 2.28. The maximum absolute atomic E-state index is 2.47. The van der Waals surface area contributed by atoms with Crippen molar-refractivity contribution in [1.82, 2.24) is 0 Å². The summed E-state index contributed by atoms with van der Waals surface area (Å²) in [6.45, 7) is 22.9. The molecule has 0 atom stereocenters. The highest BCUT2D eigenvalue weighted by atomic mass is 31.1. The van der Waals surface area contributed by atoms with Gasteiger partial charge in [0, 0.05) is 5.92 Å².